The van der Waals surface area contributed by atoms with Crippen LogP contribution >= 0.6 is 0 Å². The highest BCUT2D eigenvalue weighted by Gasteiger charge is 2.45. The van der Waals surface area contributed by atoms with Crippen LogP contribution in [0, 0.1) is 0 Å². The number of aromatic nitrogens is 5. The Bertz CT molecular complexity index is 902. The van der Waals surface area contributed by atoms with Gasteiger partial charge in [0.05, 0.1) is 12.9 Å². The van der Waals surface area contributed by atoms with Crippen LogP contribution in [0.3, 0.4) is 0 Å². The second kappa shape index (κ2) is 4.60. The standard InChI is InChI=1S/C12H12FN5O4/c13-6-5(3-19)22-11(8(6)20)18-4-15-7-9(18)16-12-14-1-2-17(12)10(7)21/h1-2,4-6,8,11,19-20H,3H2,(H,14,16)/t5-,6-,8-,11-/m1/s1. The van der Waals surface area contributed by atoms with Gasteiger partial charge < -0.3 is 19.9 Å². The molecule has 4 heterocycles. The van der Waals surface area contributed by atoms with E-state index in [4.69, 9.17) is 9.84 Å². The van der Waals surface area contributed by atoms with Gasteiger partial charge in [0.25, 0.3) is 5.56 Å². The zero-order valence-electron chi connectivity index (χ0n) is 11.1. The van der Waals surface area contributed by atoms with Crippen molar-refractivity contribution in [1.82, 2.24) is 23.9 Å². The molecule has 3 N–H and O–H groups in total. The molecule has 1 aliphatic rings. The van der Waals surface area contributed by atoms with Crippen LogP contribution < -0.4 is 5.56 Å². The van der Waals surface area contributed by atoms with Crippen LogP contribution in [0.1, 0.15) is 6.23 Å². The number of nitrogens with one attached hydrogen (secondary N) is 1. The Balaban J connectivity index is 1.89. The molecule has 0 spiro atoms. The summed E-state index contributed by atoms with van der Waals surface area (Å²) in [5.74, 6) is 0.294. The Morgan fingerprint density at radius 3 is 3.00 bits per heavy atom. The van der Waals surface area contributed by atoms with Gasteiger partial charge in [-0.05, 0) is 0 Å². The number of fused-ring (bicyclic) bond motifs is 2. The number of H-pyrrole nitrogens is 1. The maximum atomic E-state index is 13.8. The number of rotatable bonds is 2. The molecule has 4 rings (SSSR count). The Kier molecular flexibility index (Phi) is 2.79. The summed E-state index contributed by atoms with van der Waals surface area (Å²) in [5.41, 5.74) is -0.00862. The summed E-state index contributed by atoms with van der Waals surface area (Å²) in [6, 6.07) is 0. The summed E-state index contributed by atoms with van der Waals surface area (Å²) in [4.78, 5) is 23.1. The molecule has 3 aromatic rings. The molecule has 1 fully saturated rings. The molecule has 0 aromatic carbocycles. The number of hydrogen-bond donors (Lipinski definition) is 3. The fraction of sp³-hybridized carbons (Fsp3) is 0.417. The number of aliphatic hydroxyl groups is 2. The molecule has 0 aliphatic carbocycles. The quantitative estimate of drug-likeness (QED) is 0.556. The molecule has 0 radical (unpaired) electrons. The van der Waals surface area contributed by atoms with Gasteiger partial charge in [0.1, 0.15) is 17.9 Å². The molecule has 1 aliphatic heterocycles. The minimum atomic E-state index is -1.73. The number of aliphatic hydroxyl groups excluding tert-OH is 2. The molecule has 0 unspecified atom stereocenters. The number of imidazole rings is 2. The van der Waals surface area contributed by atoms with Gasteiger partial charge in [-0.15, -0.1) is 0 Å². The van der Waals surface area contributed by atoms with Crippen LogP contribution in [-0.2, 0) is 4.74 Å². The van der Waals surface area contributed by atoms with E-state index >= 15 is 0 Å². The number of alkyl halides is 1. The van der Waals surface area contributed by atoms with Crippen molar-refractivity contribution in [3.63, 3.8) is 0 Å². The summed E-state index contributed by atoms with van der Waals surface area (Å²) in [6.45, 7) is -0.553. The lowest BCUT2D eigenvalue weighted by molar-refractivity contribution is -0.0495. The number of hydrogen-bond acceptors (Lipinski definition) is 6. The summed E-state index contributed by atoms with van der Waals surface area (Å²) in [5, 5.41) is 19.0. The van der Waals surface area contributed by atoms with E-state index in [1.807, 2.05) is 0 Å². The van der Waals surface area contributed by atoms with Crippen LogP contribution in [0.25, 0.3) is 16.9 Å². The summed E-state index contributed by atoms with van der Waals surface area (Å²) < 4.78 is 21.8. The first-order valence-corrected chi connectivity index (χ1v) is 6.62. The predicted molar refractivity (Wildman–Crippen MR) is 71.0 cm³/mol. The van der Waals surface area contributed by atoms with Crippen LogP contribution in [0.4, 0.5) is 4.39 Å². The maximum Gasteiger partial charge on any atom is 0.287 e. The highest BCUT2D eigenvalue weighted by atomic mass is 19.1. The first kappa shape index (κ1) is 13.4. The van der Waals surface area contributed by atoms with Crippen LogP contribution in [0.2, 0.25) is 0 Å². The molecular weight excluding hydrogens is 297 g/mol. The van der Waals surface area contributed by atoms with Crippen molar-refractivity contribution in [2.75, 3.05) is 6.61 Å². The zero-order chi connectivity index (χ0) is 15.4. The monoisotopic (exact) mass is 309 g/mol. The van der Waals surface area contributed by atoms with Gasteiger partial charge in [-0.25, -0.2) is 18.8 Å². The molecule has 0 bridgehead atoms. The molecule has 3 aromatic heterocycles. The second-order valence-corrected chi connectivity index (χ2v) is 5.08. The van der Waals surface area contributed by atoms with Gasteiger partial charge in [-0.2, -0.15) is 0 Å². The highest BCUT2D eigenvalue weighted by Crippen LogP contribution is 2.32. The lowest BCUT2D eigenvalue weighted by Crippen LogP contribution is -2.29. The predicted octanol–water partition coefficient (Wildman–Crippen LogP) is -1.04. The third-order valence-corrected chi connectivity index (χ3v) is 3.83. The molecular formula is C12H12FN5O4. The van der Waals surface area contributed by atoms with Crippen molar-refractivity contribution in [3.05, 3.63) is 29.1 Å². The Morgan fingerprint density at radius 1 is 1.45 bits per heavy atom. The van der Waals surface area contributed by atoms with Crippen LogP contribution in [0.15, 0.2) is 23.5 Å². The van der Waals surface area contributed by atoms with Crippen molar-refractivity contribution in [3.8, 4) is 0 Å². The molecule has 0 amide bonds. The highest BCUT2D eigenvalue weighted by molar-refractivity contribution is 5.71. The lowest BCUT2D eigenvalue weighted by atomic mass is 10.1. The van der Waals surface area contributed by atoms with E-state index in [9.17, 15) is 14.3 Å². The minimum Gasteiger partial charge on any atom is -0.394 e. The number of halogens is 1. The topological polar surface area (TPSA) is 118 Å². The summed E-state index contributed by atoms with van der Waals surface area (Å²) in [6.07, 6.45) is -1.20. The molecule has 22 heavy (non-hydrogen) atoms. The number of nitrogens with zero attached hydrogens (tertiary/aromatic N) is 4. The van der Waals surface area contributed by atoms with E-state index in [2.05, 4.69) is 15.0 Å². The van der Waals surface area contributed by atoms with Gasteiger partial charge in [0, 0.05) is 12.4 Å². The number of aromatic amines is 1. The minimum absolute atomic E-state index is 0.115. The molecule has 0 saturated carbocycles. The van der Waals surface area contributed by atoms with Crippen molar-refractivity contribution in [2.45, 2.75) is 24.6 Å². The van der Waals surface area contributed by atoms with E-state index in [0.717, 1.165) is 0 Å². The number of ether oxygens (including phenoxy) is 1. The average molecular weight is 309 g/mol. The van der Waals surface area contributed by atoms with Crippen molar-refractivity contribution >= 4 is 16.9 Å². The molecule has 1 saturated heterocycles. The van der Waals surface area contributed by atoms with E-state index in [0.29, 0.717) is 5.78 Å². The molecule has 10 heteroatoms. The SMILES string of the molecule is O=c1c2ncn([C@@H]3O[C@H](CO)[C@@H](F)[C@H]3O)c2[nH]c2nccn12. The van der Waals surface area contributed by atoms with E-state index in [-0.39, 0.29) is 16.7 Å². The second-order valence-electron chi connectivity index (χ2n) is 5.08. The maximum absolute atomic E-state index is 13.8. The Labute approximate surface area is 121 Å². The van der Waals surface area contributed by atoms with Crippen molar-refractivity contribution in [1.29, 1.82) is 0 Å². The largest absolute Gasteiger partial charge is 0.394 e. The summed E-state index contributed by atoms with van der Waals surface area (Å²) in [7, 11) is 0. The fourth-order valence-corrected chi connectivity index (χ4v) is 2.70. The first-order valence-electron chi connectivity index (χ1n) is 6.62. The normalized spacial score (nSPS) is 28.9. The van der Waals surface area contributed by atoms with Crippen molar-refractivity contribution in [2.24, 2.45) is 0 Å². The van der Waals surface area contributed by atoms with Gasteiger partial charge >= 0.3 is 0 Å². The van der Waals surface area contributed by atoms with Gasteiger partial charge in [-0.3, -0.25) is 9.36 Å². The first-order chi connectivity index (χ1) is 10.6. The van der Waals surface area contributed by atoms with E-state index < -0.39 is 31.2 Å². The van der Waals surface area contributed by atoms with Crippen molar-refractivity contribution < 1.29 is 19.3 Å². The molecule has 116 valence electrons. The third kappa shape index (κ3) is 1.65. The average Bonchev–Trinajstić information content (AvgIpc) is 3.20. The molecule has 9 nitrogen and oxygen atoms in total. The third-order valence-electron chi connectivity index (χ3n) is 3.83. The van der Waals surface area contributed by atoms with E-state index in [1.165, 1.54) is 27.7 Å². The fourth-order valence-electron chi connectivity index (χ4n) is 2.70. The van der Waals surface area contributed by atoms with Crippen LogP contribution in [0.5, 0.6) is 0 Å². The smallest absolute Gasteiger partial charge is 0.287 e. The molecule has 4 atom stereocenters. The van der Waals surface area contributed by atoms with Crippen LogP contribution in [-0.4, -0.2) is 59.1 Å². The summed E-state index contributed by atoms with van der Waals surface area (Å²) >= 11 is 0. The Hall–Kier alpha value is -2.30. The Morgan fingerprint density at radius 2 is 2.27 bits per heavy atom. The van der Waals surface area contributed by atoms with Gasteiger partial charge in [0.15, 0.2) is 17.9 Å². The zero-order valence-corrected chi connectivity index (χ0v) is 11.1. The van der Waals surface area contributed by atoms with E-state index in [1.54, 1.807) is 0 Å². The van der Waals surface area contributed by atoms with Gasteiger partial charge in [0.2, 0.25) is 5.78 Å². The lowest BCUT2D eigenvalue weighted by Gasteiger charge is -2.16. The van der Waals surface area contributed by atoms with Gasteiger partial charge in [-0.1, -0.05) is 0 Å².